The van der Waals surface area contributed by atoms with Crippen LogP contribution in [0.4, 0.5) is 4.39 Å². The molecule has 1 fully saturated rings. The molecule has 0 atom stereocenters. The van der Waals surface area contributed by atoms with E-state index in [1.165, 1.54) is 6.07 Å². The van der Waals surface area contributed by atoms with E-state index in [4.69, 9.17) is 5.73 Å². The van der Waals surface area contributed by atoms with Crippen molar-refractivity contribution < 1.29 is 4.39 Å². The van der Waals surface area contributed by atoms with Gasteiger partial charge in [0.15, 0.2) is 11.5 Å². The molecule has 4 aromatic rings. The molecule has 1 aromatic carbocycles. The van der Waals surface area contributed by atoms with Gasteiger partial charge < -0.3 is 5.73 Å². The number of halogens is 1. The molecule has 0 aliphatic heterocycles. The Kier molecular flexibility index (Phi) is 3.94. The molecule has 5 rings (SSSR count). The highest BCUT2D eigenvalue weighted by Gasteiger charge is 2.22. The lowest BCUT2D eigenvalue weighted by Crippen LogP contribution is -2.27. The van der Waals surface area contributed by atoms with Gasteiger partial charge in [-0.1, -0.05) is 0 Å². The van der Waals surface area contributed by atoms with Crippen molar-refractivity contribution in [2.45, 2.75) is 51.6 Å². The van der Waals surface area contributed by atoms with Gasteiger partial charge in [-0.15, -0.1) is 0 Å². The van der Waals surface area contributed by atoms with E-state index >= 15 is 0 Å². The van der Waals surface area contributed by atoms with Gasteiger partial charge in [0, 0.05) is 23.2 Å². The fourth-order valence-electron chi connectivity index (χ4n) is 4.20. The molecule has 144 valence electrons. The van der Waals surface area contributed by atoms with Gasteiger partial charge in [0.1, 0.15) is 5.52 Å². The quantitative estimate of drug-likeness (QED) is 0.573. The van der Waals surface area contributed by atoms with Gasteiger partial charge in [-0.2, -0.15) is 10.2 Å². The Morgan fingerprint density at radius 3 is 2.61 bits per heavy atom. The second kappa shape index (κ2) is 6.38. The van der Waals surface area contributed by atoms with Crippen molar-refractivity contribution in [3.8, 4) is 11.3 Å². The Balaban J connectivity index is 1.57. The van der Waals surface area contributed by atoms with Crippen LogP contribution in [0.3, 0.4) is 0 Å². The van der Waals surface area contributed by atoms with Crippen molar-refractivity contribution in [1.29, 1.82) is 0 Å². The molecule has 0 unspecified atom stereocenters. The summed E-state index contributed by atoms with van der Waals surface area (Å²) in [7, 11) is 0. The standard InChI is InChI=1S/C21H23FN6/c1-12-7-19(25-28-10-13(2)24-21(12)28)14-8-15-11-27(26-20(15)18(22)9-14)17-5-3-16(23)4-6-17/h7-11,16-17H,3-6,23H2,1-2H3. The second-order valence-electron chi connectivity index (χ2n) is 7.94. The first kappa shape index (κ1) is 17.3. The molecule has 3 heterocycles. The largest absolute Gasteiger partial charge is 0.328 e. The molecule has 7 heteroatoms. The van der Waals surface area contributed by atoms with Crippen LogP contribution in [0, 0.1) is 19.7 Å². The summed E-state index contributed by atoms with van der Waals surface area (Å²) in [5.41, 5.74) is 10.6. The second-order valence-corrected chi connectivity index (χ2v) is 7.94. The van der Waals surface area contributed by atoms with Crippen molar-refractivity contribution in [3.63, 3.8) is 0 Å². The third kappa shape index (κ3) is 2.86. The highest BCUT2D eigenvalue weighted by molar-refractivity contribution is 5.84. The molecular weight excluding hydrogens is 355 g/mol. The molecule has 1 saturated carbocycles. The SMILES string of the molecule is Cc1cn2nc(-c3cc(F)c4nn(C5CCC(N)CC5)cc4c3)cc(C)c2n1. The van der Waals surface area contributed by atoms with Crippen molar-refractivity contribution in [2.75, 3.05) is 0 Å². The predicted molar refractivity (Wildman–Crippen MR) is 107 cm³/mol. The summed E-state index contributed by atoms with van der Waals surface area (Å²) < 4.78 is 18.5. The van der Waals surface area contributed by atoms with Gasteiger partial charge in [-0.3, -0.25) is 4.68 Å². The van der Waals surface area contributed by atoms with E-state index in [2.05, 4.69) is 15.2 Å². The van der Waals surface area contributed by atoms with Crippen LogP contribution >= 0.6 is 0 Å². The Bertz CT molecular complexity index is 1180. The van der Waals surface area contributed by atoms with Gasteiger partial charge >= 0.3 is 0 Å². The Morgan fingerprint density at radius 2 is 1.82 bits per heavy atom. The van der Waals surface area contributed by atoms with Crippen LogP contribution in [0.5, 0.6) is 0 Å². The number of rotatable bonds is 2. The molecule has 0 amide bonds. The van der Waals surface area contributed by atoms with Crippen molar-refractivity contribution in [2.24, 2.45) is 5.73 Å². The fourth-order valence-corrected chi connectivity index (χ4v) is 4.20. The lowest BCUT2D eigenvalue weighted by Gasteiger charge is -2.26. The Hall–Kier alpha value is -2.80. The van der Waals surface area contributed by atoms with Crippen LogP contribution in [-0.2, 0) is 0 Å². The van der Waals surface area contributed by atoms with Gasteiger partial charge in [0.25, 0.3) is 0 Å². The van der Waals surface area contributed by atoms with Gasteiger partial charge in [0.2, 0.25) is 0 Å². The van der Waals surface area contributed by atoms with E-state index in [9.17, 15) is 4.39 Å². The minimum absolute atomic E-state index is 0.278. The lowest BCUT2D eigenvalue weighted by atomic mass is 9.92. The monoisotopic (exact) mass is 378 g/mol. The average Bonchev–Trinajstić information content (AvgIpc) is 3.26. The van der Waals surface area contributed by atoms with Crippen molar-refractivity contribution in [1.82, 2.24) is 24.4 Å². The number of benzene rings is 1. The first-order valence-corrected chi connectivity index (χ1v) is 9.76. The topological polar surface area (TPSA) is 74.0 Å². The molecule has 2 N–H and O–H groups in total. The summed E-state index contributed by atoms with van der Waals surface area (Å²) in [6.45, 7) is 3.93. The third-order valence-corrected chi connectivity index (χ3v) is 5.72. The Morgan fingerprint density at radius 1 is 1.04 bits per heavy atom. The number of nitrogens with two attached hydrogens (primary N) is 1. The van der Waals surface area contributed by atoms with Crippen molar-refractivity contribution >= 4 is 16.6 Å². The highest BCUT2D eigenvalue weighted by atomic mass is 19.1. The molecule has 3 aromatic heterocycles. The van der Waals surface area contributed by atoms with Crippen LogP contribution < -0.4 is 5.73 Å². The zero-order valence-corrected chi connectivity index (χ0v) is 16.1. The fraction of sp³-hybridized carbons (Fsp3) is 0.381. The average molecular weight is 378 g/mol. The molecule has 0 radical (unpaired) electrons. The maximum atomic E-state index is 14.9. The van der Waals surface area contributed by atoms with E-state index in [0.29, 0.717) is 11.6 Å². The number of nitrogens with zero attached hydrogens (tertiary/aromatic N) is 5. The molecular formula is C21H23FN6. The summed E-state index contributed by atoms with van der Waals surface area (Å²) in [6, 6.07) is 6.01. The zero-order valence-electron chi connectivity index (χ0n) is 16.1. The molecule has 6 nitrogen and oxygen atoms in total. The lowest BCUT2D eigenvalue weighted by molar-refractivity contribution is 0.305. The number of aryl methyl sites for hydroxylation is 2. The van der Waals surface area contributed by atoms with Gasteiger partial charge in [-0.25, -0.2) is 13.9 Å². The van der Waals surface area contributed by atoms with E-state index < -0.39 is 0 Å². The maximum Gasteiger partial charge on any atom is 0.156 e. The molecule has 0 spiro atoms. The number of hydrogen-bond donors (Lipinski definition) is 1. The van der Waals surface area contributed by atoms with Gasteiger partial charge in [-0.05, 0) is 63.3 Å². The predicted octanol–water partition coefficient (Wildman–Crippen LogP) is 3.94. The maximum absolute atomic E-state index is 14.9. The number of fused-ring (bicyclic) bond motifs is 2. The molecule has 1 aliphatic carbocycles. The normalized spacial score (nSPS) is 20.3. The Labute approximate surface area is 162 Å². The zero-order chi connectivity index (χ0) is 19.4. The summed E-state index contributed by atoms with van der Waals surface area (Å²) >= 11 is 0. The molecule has 0 saturated heterocycles. The van der Waals surface area contributed by atoms with Crippen LogP contribution in [0.15, 0.2) is 30.6 Å². The molecule has 1 aliphatic rings. The van der Waals surface area contributed by atoms with Crippen LogP contribution in [0.2, 0.25) is 0 Å². The number of imidazole rings is 1. The van der Waals surface area contributed by atoms with E-state index in [-0.39, 0.29) is 11.9 Å². The first-order chi connectivity index (χ1) is 13.5. The molecule has 28 heavy (non-hydrogen) atoms. The van der Waals surface area contributed by atoms with Gasteiger partial charge in [0.05, 0.1) is 23.6 Å². The third-order valence-electron chi connectivity index (χ3n) is 5.72. The summed E-state index contributed by atoms with van der Waals surface area (Å²) in [5, 5.41) is 9.96. The van der Waals surface area contributed by atoms with Crippen LogP contribution in [-0.4, -0.2) is 30.4 Å². The summed E-state index contributed by atoms with van der Waals surface area (Å²) in [5.74, 6) is -0.319. The van der Waals surface area contributed by atoms with E-state index in [1.807, 2.05) is 43.1 Å². The smallest absolute Gasteiger partial charge is 0.156 e. The van der Waals surface area contributed by atoms with E-state index in [1.54, 1.807) is 4.52 Å². The molecule has 0 bridgehead atoms. The van der Waals surface area contributed by atoms with Crippen LogP contribution in [0.1, 0.15) is 43.0 Å². The summed E-state index contributed by atoms with van der Waals surface area (Å²) in [6.07, 6.45) is 7.79. The van der Waals surface area contributed by atoms with E-state index in [0.717, 1.165) is 59.2 Å². The summed E-state index contributed by atoms with van der Waals surface area (Å²) in [4.78, 5) is 4.48. The minimum Gasteiger partial charge on any atom is -0.328 e. The number of hydrogen-bond acceptors (Lipinski definition) is 4. The van der Waals surface area contributed by atoms with Crippen molar-refractivity contribution in [3.05, 3.63) is 47.7 Å². The number of aromatic nitrogens is 5. The first-order valence-electron chi connectivity index (χ1n) is 9.76. The minimum atomic E-state index is -0.319. The van der Waals surface area contributed by atoms with Crippen LogP contribution in [0.25, 0.3) is 27.8 Å². The highest BCUT2D eigenvalue weighted by Crippen LogP contribution is 2.31.